The second kappa shape index (κ2) is 3.01. The third-order valence-electron chi connectivity index (χ3n) is 2.26. The Morgan fingerprint density at radius 1 is 1.75 bits per heavy atom. The molecule has 1 atom stereocenters. The molecule has 0 radical (unpaired) electrons. The van der Waals surface area contributed by atoms with Gasteiger partial charge in [-0.15, -0.1) is 0 Å². The number of carbonyl (C=O) groups excluding carboxylic acids is 1. The van der Waals surface area contributed by atoms with Gasteiger partial charge in [0.25, 0.3) is 0 Å². The van der Waals surface area contributed by atoms with Crippen LogP contribution in [0.4, 0.5) is 0 Å². The van der Waals surface area contributed by atoms with Gasteiger partial charge in [-0.3, -0.25) is 0 Å². The van der Waals surface area contributed by atoms with Crippen molar-refractivity contribution in [1.82, 2.24) is 9.55 Å². The molecule has 4 heteroatoms. The van der Waals surface area contributed by atoms with E-state index in [0.29, 0.717) is 0 Å². The zero-order chi connectivity index (χ0) is 8.55. The standard InChI is InChI=1S/C8H9BrN2O/c9-8-7-6(4-12)2-1-3-11(7)5-10-8/h4-6H,1-3H2. The predicted octanol–water partition coefficient (Wildman–Crippen LogP) is 1.72. The number of fused-ring (bicyclic) bond motifs is 1. The van der Waals surface area contributed by atoms with Gasteiger partial charge >= 0.3 is 0 Å². The van der Waals surface area contributed by atoms with Gasteiger partial charge in [-0.1, -0.05) is 0 Å². The van der Waals surface area contributed by atoms with Gasteiger partial charge in [0.2, 0.25) is 0 Å². The first kappa shape index (κ1) is 7.98. The molecule has 0 saturated heterocycles. The van der Waals surface area contributed by atoms with Crippen molar-refractivity contribution in [1.29, 1.82) is 0 Å². The number of nitrogens with zero attached hydrogens (tertiary/aromatic N) is 2. The summed E-state index contributed by atoms with van der Waals surface area (Å²) in [6.45, 7) is 0.984. The maximum absolute atomic E-state index is 10.7. The van der Waals surface area contributed by atoms with E-state index in [2.05, 4.69) is 20.9 Å². The lowest BCUT2D eigenvalue weighted by Gasteiger charge is -2.19. The van der Waals surface area contributed by atoms with Crippen LogP contribution in [0.2, 0.25) is 0 Å². The Balaban J connectivity index is 2.47. The fourth-order valence-electron chi connectivity index (χ4n) is 1.66. The average molecular weight is 229 g/mol. The fraction of sp³-hybridized carbons (Fsp3) is 0.500. The third-order valence-corrected chi connectivity index (χ3v) is 2.87. The van der Waals surface area contributed by atoms with Crippen molar-refractivity contribution in [2.45, 2.75) is 25.3 Å². The van der Waals surface area contributed by atoms with Crippen LogP contribution in [0.5, 0.6) is 0 Å². The Morgan fingerprint density at radius 2 is 2.58 bits per heavy atom. The van der Waals surface area contributed by atoms with Gasteiger partial charge in [-0.05, 0) is 28.8 Å². The number of aryl methyl sites for hydroxylation is 1. The van der Waals surface area contributed by atoms with E-state index in [1.54, 1.807) is 6.33 Å². The van der Waals surface area contributed by atoms with Crippen LogP contribution in [0.1, 0.15) is 24.5 Å². The van der Waals surface area contributed by atoms with E-state index < -0.39 is 0 Å². The lowest BCUT2D eigenvalue weighted by molar-refractivity contribution is -0.109. The van der Waals surface area contributed by atoms with Crippen molar-refractivity contribution >= 4 is 22.2 Å². The van der Waals surface area contributed by atoms with Crippen molar-refractivity contribution in [3.63, 3.8) is 0 Å². The molecule has 0 fully saturated rings. The Morgan fingerprint density at radius 3 is 3.33 bits per heavy atom. The quantitative estimate of drug-likeness (QED) is 0.687. The van der Waals surface area contributed by atoms with Crippen molar-refractivity contribution in [2.24, 2.45) is 0 Å². The maximum atomic E-state index is 10.7. The Labute approximate surface area is 78.9 Å². The van der Waals surface area contributed by atoms with Gasteiger partial charge in [-0.2, -0.15) is 0 Å². The maximum Gasteiger partial charge on any atom is 0.129 e. The topological polar surface area (TPSA) is 34.9 Å². The van der Waals surface area contributed by atoms with E-state index in [4.69, 9.17) is 0 Å². The van der Waals surface area contributed by atoms with E-state index in [0.717, 1.165) is 36.0 Å². The molecule has 0 amide bonds. The van der Waals surface area contributed by atoms with Gasteiger partial charge in [0.1, 0.15) is 10.9 Å². The smallest absolute Gasteiger partial charge is 0.129 e. The molecule has 64 valence electrons. The number of aromatic nitrogens is 2. The number of imidazole rings is 1. The number of carbonyl (C=O) groups is 1. The van der Waals surface area contributed by atoms with Crippen LogP contribution in [-0.4, -0.2) is 15.8 Å². The normalized spacial score (nSPS) is 21.9. The zero-order valence-electron chi connectivity index (χ0n) is 6.53. The van der Waals surface area contributed by atoms with Crippen LogP contribution >= 0.6 is 15.9 Å². The molecule has 0 aliphatic carbocycles. The minimum atomic E-state index is 0.0376. The van der Waals surface area contributed by atoms with E-state index in [9.17, 15) is 4.79 Å². The number of aldehydes is 1. The second-order valence-corrected chi connectivity index (χ2v) is 3.75. The molecular formula is C8H9BrN2O. The van der Waals surface area contributed by atoms with Crippen LogP contribution in [0.3, 0.4) is 0 Å². The molecule has 1 aromatic rings. The molecule has 3 nitrogen and oxygen atoms in total. The molecule has 12 heavy (non-hydrogen) atoms. The summed E-state index contributed by atoms with van der Waals surface area (Å²) in [5.41, 5.74) is 1.04. The van der Waals surface area contributed by atoms with Crippen molar-refractivity contribution < 1.29 is 4.79 Å². The zero-order valence-corrected chi connectivity index (χ0v) is 8.12. The van der Waals surface area contributed by atoms with E-state index in [1.807, 2.05) is 4.57 Å². The van der Waals surface area contributed by atoms with Crippen LogP contribution < -0.4 is 0 Å². The summed E-state index contributed by atoms with van der Waals surface area (Å²) in [4.78, 5) is 14.8. The molecule has 2 heterocycles. The molecule has 1 aromatic heterocycles. The summed E-state index contributed by atoms with van der Waals surface area (Å²) < 4.78 is 2.87. The largest absolute Gasteiger partial charge is 0.333 e. The highest BCUT2D eigenvalue weighted by Crippen LogP contribution is 2.30. The van der Waals surface area contributed by atoms with Gasteiger partial charge in [0, 0.05) is 6.54 Å². The average Bonchev–Trinajstić information content (AvgIpc) is 2.48. The highest BCUT2D eigenvalue weighted by atomic mass is 79.9. The highest BCUT2D eigenvalue weighted by Gasteiger charge is 2.22. The fourth-order valence-corrected chi connectivity index (χ4v) is 2.28. The van der Waals surface area contributed by atoms with Crippen LogP contribution in [0, 0.1) is 0 Å². The molecule has 0 N–H and O–H groups in total. The highest BCUT2D eigenvalue weighted by molar-refractivity contribution is 9.10. The number of rotatable bonds is 1. The molecule has 0 bridgehead atoms. The lowest BCUT2D eigenvalue weighted by atomic mass is 9.98. The third kappa shape index (κ3) is 1.10. The minimum Gasteiger partial charge on any atom is -0.333 e. The van der Waals surface area contributed by atoms with Gasteiger partial charge in [-0.25, -0.2) is 4.98 Å². The first-order valence-corrected chi connectivity index (χ1v) is 4.78. The lowest BCUT2D eigenvalue weighted by Crippen LogP contribution is -2.15. The number of hydrogen-bond donors (Lipinski definition) is 0. The molecule has 0 spiro atoms. The van der Waals surface area contributed by atoms with Crippen LogP contribution in [0.25, 0.3) is 0 Å². The minimum absolute atomic E-state index is 0.0376. The molecule has 0 saturated carbocycles. The van der Waals surface area contributed by atoms with E-state index >= 15 is 0 Å². The Kier molecular flexibility index (Phi) is 2.00. The first-order valence-electron chi connectivity index (χ1n) is 3.98. The predicted molar refractivity (Wildman–Crippen MR) is 48.0 cm³/mol. The summed E-state index contributed by atoms with van der Waals surface area (Å²) in [7, 11) is 0. The molecule has 1 unspecified atom stereocenters. The van der Waals surface area contributed by atoms with Gasteiger partial charge < -0.3 is 9.36 Å². The molecular weight excluding hydrogens is 220 g/mol. The summed E-state index contributed by atoms with van der Waals surface area (Å²) in [5.74, 6) is 0.0376. The van der Waals surface area contributed by atoms with Crippen molar-refractivity contribution in [2.75, 3.05) is 0 Å². The Bertz CT molecular complexity index is 308. The molecule has 0 aromatic carbocycles. The summed E-state index contributed by atoms with van der Waals surface area (Å²) in [6, 6.07) is 0. The molecule has 1 aliphatic heterocycles. The van der Waals surface area contributed by atoms with Gasteiger partial charge in [0.05, 0.1) is 17.9 Å². The van der Waals surface area contributed by atoms with Crippen molar-refractivity contribution in [3.8, 4) is 0 Å². The SMILES string of the molecule is O=CC1CCCn2cnc(Br)c21. The van der Waals surface area contributed by atoms with Crippen molar-refractivity contribution in [3.05, 3.63) is 16.6 Å². The van der Waals surface area contributed by atoms with Crippen LogP contribution in [-0.2, 0) is 11.3 Å². The monoisotopic (exact) mass is 228 g/mol. The van der Waals surface area contributed by atoms with Gasteiger partial charge in [0.15, 0.2) is 0 Å². The summed E-state index contributed by atoms with van der Waals surface area (Å²) >= 11 is 3.34. The Hall–Kier alpha value is -0.640. The number of hydrogen-bond acceptors (Lipinski definition) is 2. The summed E-state index contributed by atoms with van der Waals surface area (Å²) in [5, 5.41) is 0. The molecule has 1 aliphatic rings. The second-order valence-electron chi connectivity index (χ2n) is 3.00. The molecule has 2 rings (SSSR count). The van der Waals surface area contributed by atoms with Crippen LogP contribution in [0.15, 0.2) is 10.9 Å². The van der Waals surface area contributed by atoms with E-state index in [-0.39, 0.29) is 5.92 Å². The van der Waals surface area contributed by atoms with E-state index in [1.165, 1.54) is 0 Å². The summed E-state index contributed by atoms with van der Waals surface area (Å²) in [6.07, 6.45) is 4.82. The number of halogens is 1. The first-order chi connectivity index (χ1) is 5.83.